The quantitative estimate of drug-likeness (QED) is 0.786. The van der Waals surface area contributed by atoms with Gasteiger partial charge in [-0.1, -0.05) is 12.1 Å². The van der Waals surface area contributed by atoms with Crippen molar-refractivity contribution in [3.63, 3.8) is 0 Å². The third-order valence-electron chi connectivity index (χ3n) is 1.87. The van der Waals surface area contributed by atoms with E-state index in [1.165, 1.54) is 0 Å². The molecular formula is C9H10N4O2. The van der Waals surface area contributed by atoms with Crippen LogP contribution in [0, 0.1) is 0 Å². The van der Waals surface area contributed by atoms with E-state index in [1.807, 2.05) is 13.0 Å². The number of rotatable bonds is 3. The Morgan fingerprint density at radius 3 is 2.93 bits per heavy atom. The summed E-state index contributed by atoms with van der Waals surface area (Å²) in [7, 11) is 0. The van der Waals surface area contributed by atoms with Gasteiger partial charge in [0.2, 0.25) is 0 Å². The first-order valence-electron chi connectivity index (χ1n) is 4.55. The van der Waals surface area contributed by atoms with E-state index in [0.29, 0.717) is 18.0 Å². The SMILES string of the molecule is CCOc1ccccc1-n1nn[nH]c1=O. The lowest BCUT2D eigenvalue weighted by Gasteiger charge is -2.07. The number of nitrogens with zero attached hydrogens (tertiary/aromatic N) is 3. The smallest absolute Gasteiger partial charge is 0.365 e. The van der Waals surface area contributed by atoms with Crippen molar-refractivity contribution in [2.45, 2.75) is 6.92 Å². The Balaban J connectivity index is 2.52. The average Bonchev–Trinajstić information content (AvgIpc) is 2.66. The lowest BCUT2D eigenvalue weighted by atomic mass is 10.3. The van der Waals surface area contributed by atoms with Gasteiger partial charge in [-0.3, -0.25) is 0 Å². The molecule has 6 heteroatoms. The maximum absolute atomic E-state index is 11.3. The van der Waals surface area contributed by atoms with Crippen molar-refractivity contribution in [3.05, 3.63) is 34.7 Å². The van der Waals surface area contributed by atoms with Gasteiger partial charge in [0.1, 0.15) is 11.4 Å². The predicted octanol–water partition coefficient (Wildman–Crippen LogP) is 0.354. The van der Waals surface area contributed by atoms with Crippen LogP contribution in [0.4, 0.5) is 0 Å². The number of tetrazole rings is 1. The zero-order chi connectivity index (χ0) is 10.7. The fourth-order valence-electron chi connectivity index (χ4n) is 1.27. The third kappa shape index (κ3) is 1.74. The normalized spacial score (nSPS) is 10.2. The van der Waals surface area contributed by atoms with E-state index in [2.05, 4.69) is 15.5 Å². The van der Waals surface area contributed by atoms with E-state index in [1.54, 1.807) is 18.2 Å². The van der Waals surface area contributed by atoms with Crippen LogP contribution in [-0.4, -0.2) is 26.8 Å². The monoisotopic (exact) mass is 206 g/mol. The Morgan fingerprint density at radius 1 is 1.47 bits per heavy atom. The first-order valence-corrected chi connectivity index (χ1v) is 4.55. The number of ether oxygens (including phenoxy) is 1. The summed E-state index contributed by atoms with van der Waals surface area (Å²) in [6, 6.07) is 7.16. The molecule has 6 nitrogen and oxygen atoms in total. The molecule has 0 aliphatic rings. The number of aromatic nitrogens is 4. The Bertz CT molecular complexity index is 503. The first kappa shape index (κ1) is 9.45. The molecule has 0 radical (unpaired) electrons. The molecule has 15 heavy (non-hydrogen) atoms. The maximum atomic E-state index is 11.3. The van der Waals surface area contributed by atoms with Gasteiger partial charge in [0.25, 0.3) is 0 Å². The summed E-state index contributed by atoms with van der Waals surface area (Å²) in [6.45, 7) is 2.41. The van der Waals surface area contributed by atoms with Gasteiger partial charge >= 0.3 is 5.69 Å². The van der Waals surface area contributed by atoms with Crippen LogP contribution in [0.15, 0.2) is 29.1 Å². The summed E-state index contributed by atoms with van der Waals surface area (Å²) >= 11 is 0. The van der Waals surface area contributed by atoms with E-state index in [-0.39, 0.29) is 5.69 Å². The Morgan fingerprint density at radius 2 is 2.27 bits per heavy atom. The molecule has 1 aromatic carbocycles. The molecule has 1 aromatic heterocycles. The van der Waals surface area contributed by atoms with E-state index >= 15 is 0 Å². The highest BCUT2D eigenvalue weighted by Gasteiger charge is 2.08. The standard InChI is InChI=1S/C9H10N4O2/c1-2-15-8-6-4-3-5-7(8)13-9(14)10-11-12-13/h3-6H,2H2,1H3,(H,10,12,14). The van der Waals surface area contributed by atoms with Gasteiger partial charge < -0.3 is 4.74 Å². The fourth-order valence-corrected chi connectivity index (χ4v) is 1.27. The van der Waals surface area contributed by atoms with Crippen LogP contribution in [0.5, 0.6) is 5.75 Å². The lowest BCUT2D eigenvalue weighted by Crippen LogP contribution is -2.16. The molecule has 0 atom stereocenters. The highest BCUT2D eigenvalue weighted by molar-refractivity contribution is 5.45. The largest absolute Gasteiger partial charge is 0.492 e. The summed E-state index contributed by atoms with van der Waals surface area (Å²) in [5.41, 5.74) is 0.195. The molecule has 1 N–H and O–H groups in total. The van der Waals surface area contributed by atoms with Gasteiger partial charge in [0.15, 0.2) is 0 Å². The molecular weight excluding hydrogens is 196 g/mol. The Labute approximate surface area is 85.5 Å². The minimum Gasteiger partial charge on any atom is -0.492 e. The fraction of sp³-hybridized carbons (Fsp3) is 0.222. The first-order chi connectivity index (χ1) is 7.33. The van der Waals surface area contributed by atoms with Crippen molar-refractivity contribution >= 4 is 0 Å². The second kappa shape index (κ2) is 3.95. The molecule has 0 bridgehead atoms. The van der Waals surface area contributed by atoms with Crippen molar-refractivity contribution in [2.24, 2.45) is 0 Å². The van der Waals surface area contributed by atoms with Gasteiger partial charge in [0, 0.05) is 0 Å². The van der Waals surface area contributed by atoms with E-state index < -0.39 is 0 Å². The Hall–Kier alpha value is -2.11. The molecule has 0 saturated carbocycles. The summed E-state index contributed by atoms with van der Waals surface area (Å²) < 4.78 is 6.53. The topological polar surface area (TPSA) is 72.8 Å². The summed E-state index contributed by atoms with van der Waals surface area (Å²) in [5.74, 6) is 0.607. The highest BCUT2D eigenvalue weighted by atomic mass is 16.5. The lowest BCUT2D eigenvalue weighted by molar-refractivity contribution is 0.338. The van der Waals surface area contributed by atoms with E-state index in [0.717, 1.165) is 4.68 Å². The molecule has 0 amide bonds. The van der Waals surface area contributed by atoms with Crippen LogP contribution in [-0.2, 0) is 0 Å². The van der Waals surface area contributed by atoms with Gasteiger partial charge in [-0.25, -0.2) is 9.89 Å². The number of aromatic amines is 1. The van der Waals surface area contributed by atoms with Crippen molar-refractivity contribution in [3.8, 4) is 11.4 Å². The van der Waals surface area contributed by atoms with Crippen molar-refractivity contribution in [2.75, 3.05) is 6.61 Å². The summed E-state index contributed by atoms with van der Waals surface area (Å²) in [5, 5.41) is 9.29. The average molecular weight is 206 g/mol. The number of H-pyrrole nitrogens is 1. The summed E-state index contributed by atoms with van der Waals surface area (Å²) in [6.07, 6.45) is 0. The molecule has 0 saturated heterocycles. The second-order valence-corrected chi connectivity index (χ2v) is 2.82. The van der Waals surface area contributed by atoms with E-state index in [9.17, 15) is 4.79 Å². The minimum absolute atomic E-state index is 0.387. The predicted molar refractivity (Wildman–Crippen MR) is 53.1 cm³/mol. The molecule has 0 fully saturated rings. The molecule has 2 rings (SSSR count). The molecule has 0 aliphatic heterocycles. The number of nitrogens with one attached hydrogen (secondary N) is 1. The van der Waals surface area contributed by atoms with E-state index in [4.69, 9.17) is 4.74 Å². The third-order valence-corrected chi connectivity index (χ3v) is 1.87. The number of para-hydroxylation sites is 2. The highest BCUT2D eigenvalue weighted by Crippen LogP contribution is 2.19. The zero-order valence-electron chi connectivity index (χ0n) is 8.17. The molecule has 0 unspecified atom stereocenters. The summed E-state index contributed by atoms with van der Waals surface area (Å²) in [4.78, 5) is 11.3. The zero-order valence-corrected chi connectivity index (χ0v) is 8.17. The number of hydrogen-bond donors (Lipinski definition) is 1. The van der Waals surface area contributed by atoms with Crippen molar-refractivity contribution in [1.29, 1.82) is 0 Å². The molecule has 1 heterocycles. The number of hydrogen-bond acceptors (Lipinski definition) is 4. The van der Waals surface area contributed by atoms with Crippen LogP contribution in [0.25, 0.3) is 5.69 Å². The minimum atomic E-state index is -0.387. The molecule has 0 spiro atoms. The van der Waals surface area contributed by atoms with Gasteiger partial charge in [-0.2, -0.15) is 4.68 Å². The molecule has 2 aromatic rings. The van der Waals surface area contributed by atoms with Crippen LogP contribution in [0.3, 0.4) is 0 Å². The van der Waals surface area contributed by atoms with Gasteiger partial charge in [-0.05, 0) is 29.5 Å². The van der Waals surface area contributed by atoms with Crippen LogP contribution in [0.2, 0.25) is 0 Å². The van der Waals surface area contributed by atoms with Crippen molar-refractivity contribution in [1.82, 2.24) is 20.2 Å². The van der Waals surface area contributed by atoms with Crippen LogP contribution < -0.4 is 10.4 Å². The van der Waals surface area contributed by atoms with Gasteiger partial charge in [0.05, 0.1) is 6.61 Å². The van der Waals surface area contributed by atoms with Crippen LogP contribution in [0.1, 0.15) is 6.92 Å². The number of benzene rings is 1. The van der Waals surface area contributed by atoms with Gasteiger partial charge in [-0.15, -0.1) is 0 Å². The van der Waals surface area contributed by atoms with Crippen LogP contribution >= 0.6 is 0 Å². The molecule has 78 valence electrons. The second-order valence-electron chi connectivity index (χ2n) is 2.82. The Kier molecular flexibility index (Phi) is 2.49. The maximum Gasteiger partial charge on any atom is 0.365 e. The molecule has 0 aliphatic carbocycles. The van der Waals surface area contributed by atoms with Crippen molar-refractivity contribution < 1.29 is 4.74 Å².